The summed E-state index contributed by atoms with van der Waals surface area (Å²) in [6.45, 7) is 3.23. The zero-order valence-electron chi connectivity index (χ0n) is 12.9. The number of ether oxygens (including phenoxy) is 1. The lowest BCUT2D eigenvalue weighted by Crippen LogP contribution is -2.32. The summed E-state index contributed by atoms with van der Waals surface area (Å²) in [5.74, 6) is 0.654. The Morgan fingerprint density at radius 2 is 2.09 bits per heavy atom. The van der Waals surface area contributed by atoms with Crippen LogP contribution in [-0.4, -0.2) is 26.1 Å². The van der Waals surface area contributed by atoms with E-state index in [0.717, 1.165) is 29.9 Å². The highest BCUT2D eigenvalue weighted by atomic mass is 16.5. The predicted octanol–water partition coefficient (Wildman–Crippen LogP) is 3.00. The molecule has 2 aromatic carbocycles. The first kappa shape index (κ1) is 14.4. The van der Waals surface area contributed by atoms with Gasteiger partial charge in [0.2, 0.25) is 5.91 Å². The third-order valence-corrected chi connectivity index (χ3v) is 3.95. The van der Waals surface area contributed by atoms with Crippen LogP contribution in [0.4, 0.5) is 11.4 Å². The third kappa shape index (κ3) is 2.91. The van der Waals surface area contributed by atoms with E-state index in [9.17, 15) is 4.79 Å². The number of aryl methyl sites for hydroxylation is 1. The van der Waals surface area contributed by atoms with Gasteiger partial charge < -0.3 is 15.0 Å². The van der Waals surface area contributed by atoms with Gasteiger partial charge in [0, 0.05) is 12.2 Å². The summed E-state index contributed by atoms with van der Waals surface area (Å²) in [7, 11) is 1.61. The Morgan fingerprint density at radius 3 is 2.91 bits per heavy atom. The molecule has 2 aromatic rings. The second-order valence-corrected chi connectivity index (χ2v) is 5.55. The van der Waals surface area contributed by atoms with E-state index in [1.54, 1.807) is 7.11 Å². The van der Waals surface area contributed by atoms with E-state index < -0.39 is 0 Å². The van der Waals surface area contributed by atoms with Crippen LogP contribution in [-0.2, 0) is 11.2 Å². The van der Waals surface area contributed by atoms with Crippen LogP contribution in [0.1, 0.15) is 11.1 Å². The fourth-order valence-electron chi connectivity index (χ4n) is 2.85. The molecule has 0 aromatic heterocycles. The lowest BCUT2D eigenvalue weighted by atomic mass is 10.2. The standard InChI is InChI=1S/C18H20N2O2/c1-13-7-8-17(22-2)15(11-13)19-18(21)12-20-10-9-14-5-3-4-6-16(14)20/h3-8,11H,9-10,12H2,1-2H3,(H,19,21). The number of methoxy groups -OCH3 is 1. The minimum atomic E-state index is -0.0272. The maximum Gasteiger partial charge on any atom is 0.243 e. The van der Waals surface area contributed by atoms with E-state index in [2.05, 4.69) is 22.3 Å². The van der Waals surface area contributed by atoms with Crippen molar-refractivity contribution in [1.82, 2.24) is 0 Å². The molecule has 0 spiro atoms. The van der Waals surface area contributed by atoms with Gasteiger partial charge in [-0.25, -0.2) is 0 Å². The number of amides is 1. The van der Waals surface area contributed by atoms with Crippen LogP contribution in [0.25, 0.3) is 0 Å². The Balaban J connectivity index is 1.70. The molecular formula is C18H20N2O2. The van der Waals surface area contributed by atoms with Crippen LogP contribution in [0.2, 0.25) is 0 Å². The summed E-state index contributed by atoms with van der Waals surface area (Å²) >= 11 is 0. The number of carbonyl (C=O) groups is 1. The minimum absolute atomic E-state index is 0.0272. The van der Waals surface area contributed by atoms with E-state index in [1.165, 1.54) is 5.56 Å². The molecule has 0 saturated carbocycles. The van der Waals surface area contributed by atoms with Gasteiger partial charge in [0.1, 0.15) is 5.75 Å². The quantitative estimate of drug-likeness (QED) is 0.943. The van der Waals surface area contributed by atoms with Crippen molar-refractivity contribution < 1.29 is 9.53 Å². The van der Waals surface area contributed by atoms with Crippen LogP contribution < -0.4 is 15.0 Å². The fraction of sp³-hybridized carbons (Fsp3) is 0.278. The maximum absolute atomic E-state index is 12.3. The maximum atomic E-state index is 12.3. The highest BCUT2D eigenvalue weighted by Crippen LogP contribution is 2.28. The van der Waals surface area contributed by atoms with Gasteiger partial charge >= 0.3 is 0 Å². The van der Waals surface area contributed by atoms with Crippen molar-refractivity contribution in [3.8, 4) is 5.75 Å². The number of anilines is 2. The second-order valence-electron chi connectivity index (χ2n) is 5.55. The number of hydrogen-bond donors (Lipinski definition) is 1. The number of hydrogen-bond acceptors (Lipinski definition) is 3. The highest BCUT2D eigenvalue weighted by molar-refractivity contribution is 5.95. The first-order valence-corrected chi connectivity index (χ1v) is 7.45. The molecule has 1 heterocycles. The van der Waals surface area contributed by atoms with Crippen molar-refractivity contribution in [3.63, 3.8) is 0 Å². The van der Waals surface area contributed by atoms with Crippen LogP contribution in [0.15, 0.2) is 42.5 Å². The van der Waals surface area contributed by atoms with E-state index in [-0.39, 0.29) is 5.91 Å². The first-order chi connectivity index (χ1) is 10.7. The number of para-hydroxylation sites is 1. The summed E-state index contributed by atoms with van der Waals surface area (Å²) < 4.78 is 5.30. The molecule has 0 unspecified atom stereocenters. The molecule has 114 valence electrons. The molecule has 1 N–H and O–H groups in total. The molecule has 0 bridgehead atoms. The summed E-state index contributed by atoms with van der Waals surface area (Å²) in [6.07, 6.45) is 0.997. The number of fused-ring (bicyclic) bond motifs is 1. The molecule has 1 amide bonds. The van der Waals surface area contributed by atoms with Crippen LogP contribution >= 0.6 is 0 Å². The molecule has 0 aliphatic carbocycles. The molecule has 22 heavy (non-hydrogen) atoms. The van der Waals surface area contributed by atoms with Crippen LogP contribution in [0.5, 0.6) is 5.75 Å². The average molecular weight is 296 g/mol. The SMILES string of the molecule is COc1ccc(C)cc1NC(=O)CN1CCc2ccccc21. The Labute approximate surface area is 130 Å². The van der Waals surface area contributed by atoms with Gasteiger partial charge in [-0.15, -0.1) is 0 Å². The van der Waals surface area contributed by atoms with Gasteiger partial charge in [-0.2, -0.15) is 0 Å². The number of rotatable bonds is 4. The first-order valence-electron chi connectivity index (χ1n) is 7.45. The minimum Gasteiger partial charge on any atom is -0.495 e. The normalized spacial score (nSPS) is 12.9. The fourth-order valence-corrected chi connectivity index (χ4v) is 2.85. The van der Waals surface area contributed by atoms with Crippen LogP contribution in [0, 0.1) is 6.92 Å². The molecule has 0 atom stereocenters. The van der Waals surface area contributed by atoms with E-state index in [1.807, 2.05) is 37.3 Å². The molecule has 1 aliphatic rings. The smallest absolute Gasteiger partial charge is 0.243 e. The molecule has 0 fully saturated rings. The Morgan fingerprint density at radius 1 is 1.27 bits per heavy atom. The van der Waals surface area contributed by atoms with Crippen molar-refractivity contribution in [2.75, 3.05) is 30.4 Å². The molecule has 4 heteroatoms. The summed E-state index contributed by atoms with van der Waals surface area (Å²) in [6, 6.07) is 14.0. The van der Waals surface area contributed by atoms with Gasteiger partial charge in [-0.1, -0.05) is 24.3 Å². The van der Waals surface area contributed by atoms with Crippen LogP contribution in [0.3, 0.4) is 0 Å². The average Bonchev–Trinajstić information content (AvgIpc) is 2.91. The van der Waals surface area contributed by atoms with E-state index in [0.29, 0.717) is 12.3 Å². The number of nitrogens with one attached hydrogen (secondary N) is 1. The summed E-state index contributed by atoms with van der Waals surface area (Å²) in [4.78, 5) is 14.5. The van der Waals surface area contributed by atoms with Crippen molar-refractivity contribution >= 4 is 17.3 Å². The van der Waals surface area contributed by atoms with E-state index >= 15 is 0 Å². The second kappa shape index (κ2) is 6.10. The molecule has 0 saturated heterocycles. The molecule has 0 radical (unpaired) electrons. The van der Waals surface area contributed by atoms with Gasteiger partial charge in [0.25, 0.3) is 0 Å². The number of benzene rings is 2. The van der Waals surface area contributed by atoms with Gasteiger partial charge in [-0.05, 0) is 42.7 Å². The topological polar surface area (TPSA) is 41.6 Å². The van der Waals surface area contributed by atoms with Crippen molar-refractivity contribution in [2.24, 2.45) is 0 Å². The van der Waals surface area contributed by atoms with Gasteiger partial charge in [0.05, 0.1) is 19.3 Å². The highest BCUT2D eigenvalue weighted by Gasteiger charge is 2.20. The predicted molar refractivity (Wildman–Crippen MR) is 88.7 cm³/mol. The van der Waals surface area contributed by atoms with Gasteiger partial charge in [-0.3, -0.25) is 4.79 Å². The Bertz CT molecular complexity index is 697. The van der Waals surface area contributed by atoms with Crippen molar-refractivity contribution in [1.29, 1.82) is 0 Å². The lowest BCUT2D eigenvalue weighted by Gasteiger charge is -2.19. The largest absolute Gasteiger partial charge is 0.495 e. The molecule has 1 aliphatic heterocycles. The molecule has 3 rings (SSSR count). The summed E-state index contributed by atoms with van der Waals surface area (Å²) in [5.41, 5.74) is 4.28. The van der Waals surface area contributed by atoms with E-state index in [4.69, 9.17) is 4.74 Å². The summed E-state index contributed by atoms with van der Waals surface area (Å²) in [5, 5.41) is 2.95. The monoisotopic (exact) mass is 296 g/mol. The molecular weight excluding hydrogens is 276 g/mol. The Hall–Kier alpha value is -2.49. The van der Waals surface area contributed by atoms with Gasteiger partial charge in [0.15, 0.2) is 0 Å². The lowest BCUT2D eigenvalue weighted by molar-refractivity contribution is -0.115. The molecule has 4 nitrogen and oxygen atoms in total. The van der Waals surface area contributed by atoms with Crippen molar-refractivity contribution in [2.45, 2.75) is 13.3 Å². The number of nitrogens with zero attached hydrogens (tertiary/aromatic N) is 1. The Kier molecular flexibility index (Phi) is 4.00. The number of carbonyl (C=O) groups excluding carboxylic acids is 1. The third-order valence-electron chi connectivity index (χ3n) is 3.95. The van der Waals surface area contributed by atoms with Crippen molar-refractivity contribution in [3.05, 3.63) is 53.6 Å². The zero-order chi connectivity index (χ0) is 15.5. The zero-order valence-corrected chi connectivity index (χ0v) is 12.9.